The van der Waals surface area contributed by atoms with Crippen LogP contribution in [-0.2, 0) is 14.4 Å². The second-order valence-electron chi connectivity index (χ2n) is 3.63. The van der Waals surface area contributed by atoms with Crippen molar-refractivity contribution in [2.45, 2.75) is 26.4 Å². The number of carboxylic acid groups (broad SMARTS) is 2. The van der Waals surface area contributed by atoms with E-state index >= 15 is 0 Å². The Morgan fingerprint density at radius 3 is 1.88 bits per heavy atom. The first-order valence-electron chi connectivity index (χ1n) is 4.76. The minimum absolute atomic E-state index is 0.0771. The zero-order valence-electron chi connectivity index (χ0n) is 9.56. The van der Waals surface area contributed by atoms with E-state index in [1.165, 1.54) is 13.8 Å². The molecule has 6 nitrogen and oxygen atoms in total. The van der Waals surface area contributed by atoms with Crippen LogP contribution >= 0.6 is 0 Å². The first-order chi connectivity index (χ1) is 7.68. The van der Waals surface area contributed by atoms with Gasteiger partial charge in [-0.2, -0.15) is 0 Å². The first kappa shape index (κ1) is 15.0. The molecule has 0 amide bonds. The Bertz CT molecular complexity index is 402. The van der Waals surface area contributed by atoms with Crippen LogP contribution in [-0.4, -0.2) is 39.1 Å². The van der Waals surface area contributed by atoms with Crippen LogP contribution in [0.4, 0.5) is 0 Å². The summed E-state index contributed by atoms with van der Waals surface area (Å²) in [5.41, 5.74) is -1.56. The molecule has 0 saturated carbocycles. The fourth-order valence-electron chi connectivity index (χ4n) is 1.17. The Morgan fingerprint density at radius 2 is 1.65 bits per heavy atom. The van der Waals surface area contributed by atoms with Crippen molar-refractivity contribution in [3.63, 3.8) is 0 Å². The Morgan fingerprint density at radius 1 is 1.18 bits per heavy atom. The van der Waals surface area contributed by atoms with E-state index in [1.54, 1.807) is 0 Å². The van der Waals surface area contributed by atoms with Gasteiger partial charge in [-0.1, -0.05) is 6.58 Å². The maximum Gasteiger partial charge on any atom is 0.340 e. The molecule has 17 heavy (non-hydrogen) atoms. The van der Waals surface area contributed by atoms with Crippen molar-refractivity contribution >= 4 is 17.7 Å². The summed E-state index contributed by atoms with van der Waals surface area (Å²) in [7, 11) is 0. The molecule has 0 aliphatic rings. The zero-order chi connectivity index (χ0) is 13.7. The lowest BCUT2D eigenvalue weighted by Crippen LogP contribution is -2.21. The molecule has 6 heteroatoms. The van der Waals surface area contributed by atoms with E-state index in [2.05, 4.69) is 6.58 Å². The van der Waals surface area contributed by atoms with Crippen LogP contribution in [0, 0.1) is 0 Å². The van der Waals surface area contributed by atoms with Gasteiger partial charge in [0.1, 0.15) is 5.57 Å². The summed E-state index contributed by atoms with van der Waals surface area (Å²) in [6.45, 7) is 5.86. The number of ketones is 1. The molecule has 0 aliphatic carbocycles. The van der Waals surface area contributed by atoms with E-state index in [9.17, 15) is 14.4 Å². The molecule has 0 fully saturated rings. The van der Waals surface area contributed by atoms with Crippen molar-refractivity contribution < 1.29 is 29.7 Å². The Labute approximate surface area is 97.9 Å². The van der Waals surface area contributed by atoms with Crippen molar-refractivity contribution in [1.29, 1.82) is 0 Å². The van der Waals surface area contributed by atoms with Gasteiger partial charge in [0.05, 0.1) is 11.7 Å². The number of Topliss-reactive ketones (excluding diaryl/α,β-unsaturated/α-hetero) is 1. The molecular formula is C11H14O6. The molecule has 0 rings (SSSR count). The van der Waals surface area contributed by atoms with Crippen LogP contribution in [0.25, 0.3) is 0 Å². The molecule has 0 aromatic carbocycles. The van der Waals surface area contributed by atoms with Gasteiger partial charge in [0.15, 0.2) is 5.78 Å². The summed E-state index contributed by atoms with van der Waals surface area (Å²) in [4.78, 5) is 33.3. The van der Waals surface area contributed by atoms with Gasteiger partial charge in [-0.3, -0.25) is 4.79 Å². The first-order valence-corrected chi connectivity index (χ1v) is 4.76. The van der Waals surface area contributed by atoms with Crippen molar-refractivity contribution in [3.05, 3.63) is 23.3 Å². The minimum atomic E-state index is -1.64. The van der Waals surface area contributed by atoms with Gasteiger partial charge in [-0.25, -0.2) is 9.59 Å². The molecule has 1 atom stereocenters. The van der Waals surface area contributed by atoms with Gasteiger partial charge in [-0.15, -0.1) is 0 Å². The number of carboxylic acids is 2. The molecule has 0 saturated heterocycles. The van der Waals surface area contributed by atoms with E-state index in [-0.39, 0.29) is 5.57 Å². The minimum Gasteiger partial charge on any atom is -0.478 e. The van der Waals surface area contributed by atoms with E-state index in [0.717, 1.165) is 0 Å². The van der Waals surface area contributed by atoms with Gasteiger partial charge in [-0.05, 0) is 19.4 Å². The van der Waals surface area contributed by atoms with E-state index < -0.39 is 41.4 Å². The number of hydrogen-bond acceptors (Lipinski definition) is 4. The lowest BCUT2D eigenvalue weighted by atomic mass is 9.96. The van der Waals surface area contributed by atoms with Crippen LogP contribution < -0.4 is 0 Å². The highest BCUT2D eigenvalue weighted by atomic mass is 16.4. The smallest absolute Gasteiger partial charge is 0.340 e. The number of carbonyl (C=O) groups is 3. The average Bonchev–Trinajstić information content (AvgIpc) is 2.14. The Balaban J connectivity index is 5.76. The van der Waals surface area contributed by atoms with Crippen LogP contribution in [0.5, 0.6) is 0 Å². The molecule has 0 aromatic rings. The van der Waals surface area contributed by atoms with Gasteiger partial charge >= 0.3 is 11.9 Å². The third-order valence-corrected chi connectivity index (χ3v) is 1.89. The Kier molecular flexibility index (Phi) is 5.27. The van der Waals surface area contributed by atoms with Crippen molar-refractivity contribution in [3.8, 4) is 0 Å². The van der Waals surface area contributed by atoms with Crippen molar-refractivity contribution in [2.24, 2.45) is 0 Å². The molecular weight excluding hydrogens is 228 g/mol. The maximum atomic E-state index is 11.5. The molecule has 0 radical (unpaired) electrons. The largest absolute Gasteiger partial charge is 0.478 e. The van der Waals surface area contributed by atoms with E-state index in [0.29, 0.717) is 0 Å². The topological polar surface area (TPSA) is 112 Å². The van der Waals surface area contributed by atoms with Crippen LogP contribution in [0.2, 0.25) is 0 Å². The van der Waals surface area contributed by atoms with Gasteiger partial charge in [0.25, 0.3) is 0 Å². The lowest BCUT2D eigenvalue weighted by Gasteiger charge is -2.09. The highest BCUT2D eigenvalue weighted by Crippen LogP contribution is 2.16. The predicted molar refractivity (Wildman–Crippen MR) is 58.4 cm³/mol. The molecule has 0 heterocycles. The zero-order valence-corrected chi connectivity index (χ0v) is 9.56. The molecule has 0 aromatic heterocycles. The SMILES string of the molecule is C=C(C)C(=O)/C(C(=O)O)=C(\CC(C)O)C(=O)O. The van der Waals surface area contributed by atoms with E-state index in [4.69, 9.17) is 15.3 Å². The molecule has 3 N–H and O–H groups in total. The number of allylic oxidation sites excluding steroid dienone is 1. The van der Waals surface area contributed by atoms with Gasteiger partial charge < -0.3 is 15.3 Å². The van der Waals surface area contributed by atoms with Crippen molar-refractivity contribution in [2.75, 3.05) is 0 Å². The molecule has 0 spiro atoms. The molecule has 0 bridgehead atoms. The molecule has 1 unspecified atom stereocenters. The maximum absolute atomic E-state index is 11.5. The van der Waals surface area contributed by atoms with E-state index in [1.807, 2.05) is 0 Å². The normalized spacial score (nSPS) is 13.6. The summed E-state index contributed by atoms with van der Waals surface area (Å²) < 4.78 is 0. The highest BCUT2D eigenvalue weighted by Gasteiger charge is 2.27. The Hall–Kier alpha value is -1.95. The van der Waals surface area contributed by atoms with Crippen molar-refractivity contribution in [1.82, 2.24) is 0 Å². The third-order valence-electron chi connectivity index (χ3n) is 1.89. The number of aliphatic carboxylic acids is 2. The van der Waals surface area contributed by atoms with Gasteiger partial charge in [0, 0.05) is 6.42 Å². The predicted octanol–water partition coefficient (Wildman–Crippen LogP) is 0.368. The summed E-state index contributed by atoms with van der Waals surface area (Å²) in [6, 6.07) is 0. The number of aliphatic hydroxyl groups excluding tert-OH is 1. The fraction of sp³-hybridized carbons (Fsp3) is 0.364. The number of carbonyl (C=O) groups excluding carboxylic acids is 1. The number of aliphatic hydroxyl groups is 1. The fourth-order valence-corrected chi connectivity index (χ4v) is 1.17. The number of rotatable bonds is 6. The van der Waals surface area contributed by atoms with Crippen LogP contribution in [0.3, 0.4) is 0 Å². The van der Waals surface area contributed by atoms with Crippen LogP contribution in [0.15, 0.2) is 23.3 Å². The summed E-state index contributed by atoms with van der Waals surface area (Å²) in [5.74, 6) is -4.13. The standard InChI is InChI=1S/C11H14O6/c1-5(2)9(13)8(11(16)17)7(10(14)15)4-6(3)12/h6,12H,1,4H2,2-3H3,(H,14,15)(H,16,17)/b8-7-. The average molecular weight is 242 g/mol. The molecule has 94 valence electrons. The van der Waals surface area contributed by atoms with Gasteiger partial charge in [0.2, 0.25) is 0 Å². The second kappa shape index (κ2) is 5.95. The quantitative estimate of drug-likeness (QED) is 0.352. The second-order valence-corrected chi connectivity index (χ2v) is 3.63. The highest BCUT2D eigenvalue weighted by molar-refractivity contribution is 6.26. The monoisotopic (exact) mass is 242 g/mol. The number of hydrogen-bond donors (Lipinski definition) is 3. The third kappa shape index (κ3) is 4.20. The van der Waals surface area contributed by atoms with Crippen LogP contribution in [0.1, 0.15) is 20.3 Å². The lowest BCUT2D eigenvalue weighted by molar-refractivity contribution is -0.137. The molecule has 0 aliphatic heterocycles. The summed E-state index contributed by atoms with van der Waals surface area (Å²) >= 11 is 0. The summed E-state index contributed by atoms with van der Waals surface area (Å²) in [6.07, 6.45) is -1.48. The summed E-state index contributed by atoms with van der Waals surface area (Å²) in [5, 5.41) is 26.8.